The summed E-state index contributed by atoms with van der Waals surface area (Å²) in [5, 5.41) is 10.7. The van der Waals surface area contributed by atoms with E-state index in [4.69, 9.17) is 0 Å². The lowest BCUT2D eigenvalue weighted by Crippen LogP contribution is -2.53. The molecule has 0 aliphatic carbocycles. The van der Waals surface area contributed by atoms with Gasteiger partial charge in [-0.3, -0.25) is 4.99 Å². The minimum atomic E-state index is -0.0335. The standard InChI is InChI=1S/C19H32N4S/c1-15(16-9-6-5-7-10-16)23-19(2,3)14-21-18(20-4)22-17-11-8-12-24-13-17/h5-7,9-10,15,17,23H,8,11-14H2,1-4H3,(H2,20,21,22). The Balaban J connectivity index is 1.81. The van der Waals surface area contributed by atoms with Gasteiger partial charge >= 0.3 is 0 Å². The zero-order valence-corrected chi connectivity index (χ0v) is 16.2. The highest BCUT2D eigenvalue weighted by Crippen LogP contribution is 2.17. The minimum Gasteiger partial charge on any atom is -0.355 e. The van der Waals surface area contributed by atoms with Gasteiger partial charge in [0, 0.05) is 37.0 Å². The monoisotopic (exact) mass is 348 g/mol. The Morgan fingerprint density at radius 3 is 2.71 bits per heavy atom. The average molecular weight is 349 g/mol. The zero-order valence-electron chi connectivity index (χ0n) is 15.4. The third-order valence-electron chi connectivity index (χ3n) is 4.33. The Bertz CT molecular complexity index is 509. The molecule has 1 fully saturated rings. The Morgan fingerprint density at radius 1 is 1.33 bits per heavy atom. The van der Waals surface area contributed by atoms with Crippen molar-refractivity contribution in [3.8, 4) is 0 Å². The van der Waals surface area contributed by atoms with E-state index in [1.54, 1.807) is 0 Å². The highest BCUT2D eigenvalue weighted by Gasteiger charge is 2.22. The van der Waals surface area contributed by atoms with Gasteiger partial charge in [0.05, 0.1) is 0 Å². The highest BCUT2D eigenvalue weighted by atomic mass is 32.2. The largest absolute Gasteiger partial charge is 0.355 e. The summed E-state index contributed by atoms with van der Waals surface area (Å²) in [6.45, 7) is 7.49. The molecule has 0 bridgehead atoms. The second kappa shape index (κ2) is 9.33. The van der Waals surface area contributed by atoms with E-state index in [1.165, 1.54) is 29.9 Å². The molecule has 24 heavy (non-hydrogen) atoms. The van der Waals surface area contributed by atoms with Crippen molar-refractivity contribution in [2.75, 3.05) is 25.1 Å². The van der Waals surface area contributed by atoms with Gasteiger partial charge in [-0.2, -0.15) is 11.8 Å². The van der Waals surface area contributed by atoms with Crippen LogP contribution in [0, 0.1) is 0 Å². The second-order valence-electron chi connectivity index (χ2n) is 7.14. The number of hydrogen-bond donors (Lipinski definition) is 3. The molecule has 4 nitrogen and oxygen atoms in total. The van der Waals surface area contributed by atoms with E-state index in [0.717, 1.165) is 12.5 Å². The van der Waals surface area contributed by atoms with Crippen LogP contribution in [0.4, 0.5) is 0 Å². The van der Waals surface area contributed by atoms with E-state index in [9.17, 15) is 0 Å². The quantitative estimate of drug-likeness (QED) is 0.546. The van der Waals surface area contributed by atoms with Crippen molar-refractivity contribution >= 4 is 17.7 Å². The van der Waals surface area contributed by atoms with Crippen LogP contribution in [0.2, 0.25) is 0 Å². The van der Waals surface area contributed by atoms with Crippen molar-refractivity contribution < 1.29 is 0 Å². The molecule has 1 saturated heterocycles. The van der Waals surface area contributed by atoms with Crippen molar-refractivity contribution in [3.63, 3.8) is 0 Å². The number of benzene rings is 1. The van der Waals surface area contributed by atoms with E-state index >= 15 is 0 Å². The van der Waals surface area contributed by atoms with Crippen molar-refractivity contribution in [2.45, 2.75) is 51.2 Å². The molecule has 5 heteroatoms. The fourth-order valence-corrected chi connectivity index (χ4v) is 4.08. The number of nitrogens with zero attached hydrogens (tertiary/aromatic N) is 1. The number of hydrogen-bond acceptors (Lipinski definition) is 3. The first-order valence-corrected chi connectivity index (χ1v) is 10.0. The van der Waals surface area contributed by atoms with E-state index in [2.05, 4.69) is 72.0 Å². The normalized spacial score (nSPS) is 20.5. The Morgan fingerprint density at radius 2 is 2.08 bits per heavy atom. The van der Waals surface area contributed by atoms with Crippen LogP contribution in [0.1, 0.15) is 45.2 Å². The molecular weight excluding hydrogens is 316 g/mol. The molecule has 2 atom stereocenters. The molecule has 0 saturated carbocycles. The van der Waals surface area contributed by atoms with Gasteiger partial charge in [0.15, 0.2) is 5.96 Å². The maximum Gasteiger partial charge on any atom is 0.191 e. The first-order valence-electron chi connectivity index (χ1n) is 8.88. The lowest BCUT2D eigenvalue weighted by molar-refractivity contribution is 0.344. The van der Waals surface area contributed by atoms with Crippen LogP contribution in [0.3, 0.4) is 0 Å². The molecule has 0 aromatic heterocycles. The Labute approximate surface area is 151 Å². The molecule has 3 N–H and O–H groups in total. The third-order valence-corrected chi connectivity index (χ3v) is 5.54. The molecule has 1 aromatic rings. The average Bonchev–Trinajstić information content (AvgIpc) is 2.60. The molecule has 134 valence electrons. The molecular formula is C19H32N4S. The van der Waals surface area contributed by atoms with Crippen LogP contribution in [-0.2, 0) is 0 Å². The summed E-state index contributed by atoms with van der Waals surface area (Å²) in [6.07, 6.45) is 2.53. The van der Waals surface area contributed by atoms with Gasteiger partial charge < -0.3 is 16.0 Å². The topological polar surface area (TPSA) is 48.5 Å². The molecule has 0 amide bonds. The van der Waals surface area contributed by atoms with Crippen molar-refractivity contribution in [3.05, 3.63) is 35.9 Å². The number of thioether (sulfide) groups is 1. The number of nitrogens with one attached hydrogen (secondary N) is 3. The third kappa shape index (κ3) is 6.36. The first kappa shape index (κ1) is 19.1. The van der Waals surface area contributed by atoms with Gasteiger partial charge in [0.25, 0.3) is 0 Å². The molecule has 2 rings (SSSR count). The van der Waals surface area contributed by atoms with Crippen LogP contribution < -0.4 is 16.0 Å². The summed E-state index contributed by atoms with van der Waals surface area (Å²) < 4.78 is 0. The Kier molecular flexibility index (Phi) is 7.43. The first-order chi connectivity index (χ1) is 11.5. The summed E-state index contributed by atoms with van der Waals surface area (Å²) in [5.41, 5.74) is 1.28. The lowest BCUT2D eigenvalue weighted by atomic mass is 10.0. The molecule has 1 heterocycles. The summed E-state index contributed by atoms with van der Waals surface area (Å²) in [4.78, 5) is 4.38. The molecule has 1 aromatic carbocycles. The maximum absolute atomic E-state index is 4.38. The van der Waals surface area contributed by atoms with Crippen molar-refractivity contribution in [1.29, 1.82) is 0 Å². The van der Waals surface area contributed by atoms with Crippen LogP contribution >= 0.6 is 11.8 Å². The van der Waals surface area contributed by atoms with Gasteiger partial charge in [-0.25, -0.2) is 0 Å². The van der Waals surface area contributed by atoms with Gasteiger partial charge in [0.2, 0.25) is 0 Å². The molecule has 2 unspecified atom stereocenters. The molecule has 1 aliphatic heterocycles. The summed E-state index contributed by atoms with van der Waals surface area (Å²) in [5.74, 6) is 3.37. The Hall–Kier alpha value is -1.20. The number of rotatable bonds is 6. The van der Waals surface area contributed by atoms with Crippen LogP contribution in [0.5, 0.6) is 0 Å². The SMILES string of the molecule is CN=C(NCC(C)(C)NC(C)c1ccccc1)NC1CCCSC1. The van der Waals surface area contributed by atoms with E-state index in [-0.39, 0.29) is 5.54 Å². The smallest absolute Gasteiger partial charge is 0.191 e. The van der Waals surface area contributed by atoms with E-state index in [1.807, 2.05) is 18.8 Å². The van der Waals surface area contributed by atoms with E-state index in [0.29, 0.717) is 12.1 Å². The predicted molar refractivity (Wildman–Crippen MR) is 107 cm³/mol. The molecule has 0 radical (unpaired) electrons. The fourth-order valence-electron chi connectivity index (χ4n) is 3.01. The summed E-state index contributed by atoms with van der Waals surface area (Å²) in [6, 6.07) is 11.4. The lowest BCUT2D eigenvalue weighted by Gasteiger charge is -2.32. The van der Waals surface area contributed by atoms with Gasteiger partial charge in [-0.15, -0.1) is 0 Å². The second-order valence-corrected chi connectivity index (χ2v) is 8.29. The van der Waals surface area contributed by atoms with Crippen LogP contribution in [0.25, 0.3) is 0 Å². The van der Waals surface area contributed by atoms with Crippen LogP contribution in [0.15, 0.2) is 35.3 Å². The van der Waals surface area contributed by atoms with Gasteiger partial charge in [-0.05, 0) is 44.9 Å². The summed E-state index contributed by atoms with van der Waals surface area (Å²) >= 11 is 2.03. The summed E-state index contributed by atoms with van der Waals surface area (Å²) in [7, 11) is 1.85. The predicted octanol–water partition coefficient (Wildman–Crippen LogP) is 3.18. The fraction of sp³-hybridized carbons (Fsp3) is 0.632. The van der Waals surface area contributed by atoms with Gasteiger partial charge in [-0.1, -0.05) is 30.3 Å². The minimum absolute atomic E-state index is 0.0335. The van der Waals surface area contributed by atoms with Gasteiger partial charge in [0.1, 0.15) is 0 Å². The molecule has 0 spiro atoms. The number of guanidine groups is 1. The maximum atomic E-state index is 4.38. The van der Waals surface area contributed by atoms with Crippen molar-refractivity contribution in [1.82, 2.24) is 16.0 Å². The zero-order chi connectivity index (χ0) is 17.4. The molecule has 1 aliphatic rings. The highest BCUT2D eigenvalue weighted by molar-refractivity contribution is 7.99. The van der Waals surface area contributed by atoms with Crippen molar-refractivity contribution in [2.24, 2.45) is 4.99 Å². The van der Waals surface area contributed by atoms with Crippen LogP contribution in [-0.4, -0.2) is 42.6 Å². The van der Waals surface area contributed by atoms with E-state index < -0.39 is 0 Å². The number of aliphatic imine (C=N–C) groups is 1.